The van der Waals surface area contributed by atoms with Crippen LogP contribution in [0.15, 0.2) is 16.5 Å². The molecular weight excluding hydrogens is 210 g/mol. The first-order valence-corrected chi connectivity index (χ1v) is 4.24. The molecule has 0 aliphatic heterocycles. The molecule has 5 nitrogen and oxygen atoms in total. The van der Waals surface area contributed by atoms with Crippen LogP contribution >= 0.6 is 0 Å². The Morgan fingerprint density at radius 3 is 2.47 bits per heavy atom. The van der Waals surface area contributed by atoms with E-state index >= 15 is 0 Å². The average molecular weight is 218 g/mol. The van der Waals surface area contributed by atoms with Crippen LogP contribution in [0.3, 0.4) is 0 Å². The van der Waals surface area contributed by atoms with Gasteiger partial charge in [0.05, 0.1) is 11.6 Å². The minimum atomic E-state index is -2.80. The Morgan fingerprint density at radius 2 is 2.07 bits per heavy atom. The highest BCUT2D eigenvalue weighted by molar-refractivity contribution is 5.26. The lowest BCUT2D eigenvalue weighted by Crippen LogP contribution is -2.55. The third-order valence-electron chi connectivity index (χ3n) is 2.41. The summed E-state index contributed by atoms with van der Waals surface area (Å²) in [4.78, 5) is 9.57. The van der Waals surface area contributed by atoms with Crippen molar-refractivity contribution < 1.29 is 18.1 Å². The van der Waals surface area contributed by atoms with Crippen molar-refractivity contribution in [1.29, 1.82) is 0 Å². The maximum Gasteiger partial charge on any atom is 0.433 e. The largest absolute Gasteiger partial charge is 0.433 e. The Bertz CT molecular complexity index is 408. The summed E-state index contributed by atoms with van der Waals surface area (Å²) in [6.07, 6.45) is -1.07. The van der Waals surface area contributed by atoms with Crippen molar-refractivity contribution >= 4 is 5.88 Å². The second kappa shape index (κ2) is 2.75. The van der Waals surface area contributed by atoms with Crippen LogP contribution in [0, 0.1) is 10.1 Å². The normalized spacial score (nSPS) is 22.1. The van der Waals surface area contributed by atoms with Gasteiger partial charge in [-0.15, -0.1) is 0 Å². The highest BCUT2D eigenvalue weighted by atomic mass is 19.3. The number of hydrogen-bond donors (Lipinski definition) is 1. The molecule has 1 aliphatic carbocycles. The van der Waals surface area contributed by atoms with Gasteiger partial charge in [-0.1, -0.05) is 0 Å². The number of rotatable bonds is 2. The summed E-state index contributed by atoms with van der Waals surface area (Å²) in [5.41, 5.74) is 4.35. The average Bonchev–Trinajstić information content (AvgIpc) is 2.47. The smallest absolute Gasteiger partial charge is 0.404 e. The van der Waals surface area contributed by atoms with E-state index in [2.05, 4.69) is 0 Å². The molecular formula is C8H8F2N2O3. The van der Waals surface area contributed by atoms with E-state index in [1.807, 2.05) is 0 Å². The topological polar surface area (TPSA) is 82.3 Å². The molecule has 0 unspecified atom stereocenters. The van der Waals surface area contributed by atoms with Crippen LogP contribution in [-0.4, -0.2) is 10.8 Å². The number of nitrogens with two attached hydrogens (primary N) is 1. The van der Waals surface area contributed by atoms with Gasteiger partial charge in [-0.05, 0) is 6.07 Å². The number of alkyl halides is 2. The van der Waals surface area contributed by atoms with Gasteiger partial charge < -0.3 is 10.2 Å². The van der Waals surface area contributed by atoms with E-state index in [0.717, 1.165) is 6.07 Å². The Labute approximate surface area is 83.0 Å². The number of halogens is 2. The molecule has 1 aromatic rings. The highest BCUT2D eigenvalue weighted by Gasteiger charge is 2.57. The van der Waals surface area contributed by atoms with E-state index in [0.29, 0.717) is 0 Å². The van der Waals surface area contributed by atoms with Crippen LogP contribution in [0.25, 0.3) is 0 Å². The van der Waals surface area contributed by atoms with Gasteiger partial charge in [0.15, 0.2) is 0 Å². The standard InChI is InChI=1S/C8H8F2N2O3/c9-8(10)3-7(11,4-8)5-1-2-6(15-5)12(13)14/h1-2H,3-4,11H2. The van der Waals surface area contributed by atoms with Gasteiger partial charge >= 0.3 is 5.88 Å². The van der Waals surface area contributed by atoms with E-state index in [9.17, 15) is 18.9 Å². The van der Waals surface area contributed by atoms with Crippen LogP contribution in [-0.2, 0) is 5.54 Å². The Morgan fingerprint density at radius 1 is 1.47 bits per heavy atom. The Balaban J connectivity index is 2.21. The Kier molecular flexibility index (Phi) is 1.84. The zero-order valence-electron chi connectivity index (χ0n) is 7.57. The van der Waals surface area contributed by atoms with Crippen molar-refractivity contribution in [3.05, 3.63) is 28.0 Å². The molecule has 82 valence electrons. The van der Waals surface area contributed by atoms with Crippen molar-refractivity contribution in [3.63, 3.8) is 0 Å². The molecule has 2 rings (SSSR count). The molecule has 0 bridgehead atoms. The van der Waals surface area contributed by atoms with E-state index in [1.165, 1.54) is 6.07 Å². The summed E-state index contributed by atoms with van der Waals surface area (Å²) >= 11 is 0. The van der Waals surface area contributed by atoms with Gasteiger partial charge in [0.2, 0.25) is 0 Å². The van der Waals surface area contributed by atoms with Crippen LogP contribution in [0.4, 0.5) is 14.7 Å². The maximum absolute atomic E-state index is 12.6. The SMILES string of the molecule is NC1(c2ccc([N+](=O)[O-])o2)CC(F)(F)C1. The fraction of sp³-hybridized carbons (Fsp3) is 0.500. The second-order valence-corrected chi connectivity index (χ2v) is 3.76. The molecule has 1 aromatic heterocycles. The predicted octanol–water partition coefficient (Wildman–Crippen LogP) is 1.77. The zero-order valence-corrected chi connectivity index (χ0v) is 7.57. The molecule has 1 fully saturated rings. The van der Waals surface area contributed by atoms with Gasteiger partial charge in [-0.25, -0.2) is 8.78 Å². The van der Waals surface area contributed by atoms with Crippen LogP contribution in [0.1, 0.15) is 18.6 Å². The van der Waals surface area contributed by atoms with E-state index in [1.54, 1.807) is 0 Å². The summed E-state index contributed by atoms with van der Waals surface area (Å²) in [5.74, 6) is -3.23. The van der Waals surface area contributed by atoms with Crippen LogP contribution in [0.5, 0.6) is 0 Å². The van der Waals surface area contributed by atoms with E-state index in [-0.39, 0.29) is 5.76 Å². The van der Waals surface area contributed by atoms with Crippen molar-refractivity contribution in [3.8, 4) is 0 Å². The van der Waals surface area contributed by atoms with E-state index < -0.39 is 35.1 Å². The lowest BCUT2D eigenvalue weighted by molar-refractivity contribution is -0.402. The molecule has 0 amide bonds. The maximum atomic E-state index is 12.6. The third-order valence-corrected chi connectivity index (χ3v) is 2.41. The molecule has 0 aromatic carbocycles. The summed E-state index contributed by atoms with van der Waals surface area (Å²) in [6, 6.07) is 2.38. The first-order chi connectivity index (χ1) is 6.82. The quantitative estimate of drug-likeness (QED) is 0.605. The molecule has 2 N–H and O–H groups in total. The molecule has 0 atom stereocenters. The molecule has 1 heterocycles. The fourth-order valence-electron chi connectivity index (χ4n) is 1.74. The number of hydrogen-bond acceptors (Lipinski definition) is 4. The molecule has 7 heteroatoms. The third kappa shape index (κ3) is 1.58. The molecule has 0 spiro atoms. The second-order valence-electron chi connectivity index (χ2n) is 3.76. The lowest BCUT2D eigenvalue weighted by atomic mass is 9.72. The van der Waals surface area contributed by atoms with Gasteiger partial charge in [0.25, 0.3) is 5.92 Å². The molecule has 15 heavy (non-hydrogen) atoms. The lowest BCUT2D eigenvalue weighted by Gasteiger charge is -2.42. The number of nitro groups is 1. The zero-order chi connectivity index (χ0) is 11.3. The molecule has 0 saturated heterocycles. The van der Waals surface area contributed by atoms with E-state index in [4.69, 9.17) is 10.2 Å². The van der Waals surface area contributed by atoms with Gasteiger partial charge in [-0.2, -0.15) is 0 Å². The minimum Gasteiger partial charge on any atom is -0.404 e. The Hall–Kier alpha value is -1.50. The first kappa shape index (κ1) is 10.0. The van der Waals surface area contributed by atoms with Crippen molar-refractivity contribution in [1.82, 2.24) is 0 Å². The van der Waals surface area contributed by atoms with Crippen LogP contribution < -0.4 is 5.73 Å². The van der Waals surface area contributed by atoms with Gasteiger partial charge in [0.1, 0.15) is 10.7 Å². The number of nitrogens with zero attached hydrogens (tertiary/aromatic N) is 1. The summed E-state index contributed by atoms with van der Waals surface area (Å²) in [6.45, 7) is 0. The van der Waals surface area contributed by atoms with Crippen molar-refractivity contribution in [2.24, 2.45) is 5.73 Å². The minimum absolute atomic E-state index is 0.0418. The molecule has 1 saturated carbocycles. The monoisotopic (exact) mass is 218 g/mol. The fourth-order valence-corrected chi connectivity index (χ4v) is 1.74. The van der Waals surface area contributed by atoms with Crippen LogP contribution in [0.2, 0.25) is 0 Å². The first-order valence-electron chi connectivity index (χ1n) is 4.24. The summed E-state index contributed by atoms with van der Waals surface area (Å²) in [7, 11) is 0. The van der Waals surface area contributed by atoms with Gasteiger partial charge in [-0.3, -0.25) is 10.1 Å². The van der Waals surface area contributed by atoms with Crippen molar-refractivity contribution in [2.75, 3.05) is 0 Å². The summed E-state index contributed by atoms with van der Waals surface area (Å²) < 4.78 is 30.0. The van der Waals surface area contributed by atoms with Crippen molar-refractivity contribution in [2.45, 2.75) is 24.3 Å². The van der Waals surface area contributed by atoms with Gasteiger partial charge in [0, 0.05) is 12.8 Å². The molecule has 0 radical (unpaired) electrons. The molecule has 1 aliphatic rings. The summed E-state index contributed by atoms with van der Waals surface area (Å²) in [5, 5.41) is 10.3. The number of furan rings is 1. The highest BCUT2D eigenvalue weighted by Crippen LogP contribution is 2.50. The predicted molar refractivity (Wildman–Crippen MR) is 45.4 cm³/mol.